The van der Waals surface area contributed by atoms with Crippen molar-refractivity contribution in [3.8, 4) is 0 Å². The molecule has 4 nitrogen and oxygen atoms in total. The molecule has 6 heteroatoms. The molecule has 1 aromatic rings. The molecular formula is C15H23Cl2N3O. The van der Waals surface area contributed by atoms with Gasteiger partial charge < -0.3 is 10.6 Å². The molecule has 21 heavy (non-hydrogen) atoms. The lowest BCUT2D eigenvalue weighted by molar-refractivity contribution is -0.117. The summed E-state index contributed by atoms with van der Waals surface area (Å²) in [7, 11) is 0. The fraction of sp³-hybridized carbons (Fsp3) is 0.600. The van der Waals surface area contributed by atoms with E-state index in [9.17, 15) is 4.79 Å². The number of fused-ring (bicyclic) bond motifs is 1. The maximum absolute atomic E-state index is 12.3. The average Bonchev–Trinajstić information content (AvgIpc) is 2.85. The fourth-order valence-corrected chi connectivity index (χ4v) is 3.34. The lowest BCUT2D eigenvalue weighted by Crippen LogP contribution is -2.40. The Kier molecular flexibility index (Phi) is 6.91. The van der Waals surface area contributed by atoms with Crippen LogP contribution < -0.4 is 10.6 Å². The number of amides is 1. The van der Waals surface area contributed by atoms with Gasteiger partial charge in [-0.1, -0.05) is 12.8 Å². The number of nitrogens with one attached hydrogen (secondary N) is 2. The van der Waals surface area contributed by atoms with Crippen LogP contribution in [0.15, 0.2) is 18.5 Å². The van der Waals surface area contributed by atoms with Crippen molar-refractivity contribution in [1.82, 2.24) is 10.3 Å². The van der Waals surface area contributed by atoms with Gasteiger partial charge in [0.1, 0.15) is 0 Å². The van der Waals surface area contributed by atoms with Crippen molar-refractivity contribution in [3.63, 3.8) is 0 Å². The van der Waals surface area contributed by atoms with Crippen molar-refractivity contribution in [1.29, 1.82) is 0 Å². The van der Waals surface area contributed by atoms with Gasteiger partial charge in [0.15, 0.2) is 0 Å². The van der Waals surface area contributed by atoms with Crippen LogP contribution in [0.1, 0.15) is 37.7 Å². The van der Waals surface area contributed by atoms with E-state index in [0.717, 1.165) is 17.7 Å². The van der Waals surface area contributed by atoms with E-state index in [-0.39, 0.29) is 36.8 Å². The van der Waals surface area contributed by atoms with Gasteiger partial charge in [0, 0.05) is 12.2 Å². The van der Waals surface area contributed by atoms with Crippen LogP contribution in [-0.2, 0) is 4.79 Å². The van der Waals surface area contributed by atoms with Gasteiger partial charge in [-0.05, 0) is 43.7 Å². The molecule has 3 rings (SSSR count). The number of hydrogen-bond donors (Lipinski definition) is 2. The first-order valence-corrected chi connectivity index (χ1v) is 7.21. The predicted octanol–water partition coefficient (Wildman–Crippen LogP) is 3.09. The number of hydrogen-bond acceptors (Lipinski definition) is 3. The zero-order valence-electron chi connectivity index (χ0n) is 12.2. The molecule has 2 fully saturated rings. The van der Waals surface area contributed by atoms with E-state index in [1.54, 1.807) is 12.4 Å². The van der Waals surface area contributed by atoms with Gasteiger partial charge in [0.25, 0.3) is 0 Å². The summed E-state index contributed by atoms with van der Waals surface area (Å²) in [6.45, 7) is 1.99. The number of aryl methyl sites for hydroxylation is 1. The zero-order chi connectivity index (χ0) is 13.2. The molecule has 2 N–H and O–H groups in total. The Morgan fingerprint density at radius 3 is 2.81 bits per heavy atom. The third-order valence-corrected chi connectivity index (χ3v) is 4.48. The van der Waals surface area contributed by atoms with Crippen LogP contribution in [-0.4, -0.2) is 23.0 Å². The summed E-state index contributed by atoms with van der Waals surface area (Å²) in [6, 6.07) is 2.43. The van der Waals surface area contributed by atoms with Crippen LogP contribution in [0, 0.1) is 12.8 Å². The molecule has 1 saturated heterocycles. The van der Waals surface area contributed by atoms with Crippen molar-refractivity contribution in [2.45, 2.75) is 51.1 Å². The molecule has 2 aliphatic rings. The van der Waals surface area contributed by atoms with Gasteiger partial charge in [-0.3, -0.25) is 9.78 Å². The first-order chi connectivity index (χ1) is 9.24. The Bertz CT molecular complexity index is 470. The van der Waals surface area contributed by atoms with Gasteiger partial charge in [0.05, 0.1) is 17.9 Å². The quantitative estimate of drug-likeness (QED) is 0.875. The summed E-state index contributed by atoms with van der Waals surface area (Å²) in [6.07, 6.45) is 9.55. The maximum atomic E-state index is 12.3. The molecule has 1 aromatic heterocycles. The molecule has 1 amide bonds. The maximum Gasteiger partial charge on any atom is 0.241 e. The third kappa shape index (κ3) is 4.09. The minimum absolute atomic E-state index is 0. The number of halogens is 2. The number of carbonyl (C=O) groups is 1. The lowest BCUT2D eigenvalue weighted by atomic mass is 9.85. The van der Waals surface area contributed by atoms with E-state index in [0.29, 0.717) is 12.0 Å². The Balaban J connectivity index is 0.00000110. The van der Waals surface area contributed by atoms with Crippen molar-refractivity contribution >= 4 is 36.4 Å². The summed E-state index contributed by atoms with van der Waals surface area (Å²) in [5, 5.41) is 6.50. The highest BCUT2D eigenvalue weighted by Crippen LogP contribution is 2.33. The highest BCUT2D eigenvalue weighted by atomic mass is 35.5. The van der Waals surface area contributed by atoms with Gasteiger partial charge >= 0.3 is 0 Å². The molecule has 118 valence electrons. The molecular weight excluding hydrogens is 309 g/mol. The number of rotatable bonds is 2. The Morgan fingerprint density at radius 1 is 1.33 bits per heavy atom. The molecule has 1 aliphatic heterocycles. The summed E-state index contributed by atoms with van der Waals surface area (Å²) >= 11 is 0. The topological polar surface area (TPSA) is 54.0 Å². The number of aromatic nitrogens is 1. The van der Waals surface area contributed by atoms with E-state index in [1.165, 1.54) is 25.7 Å². The normalized spacial score (nSPS) is 27.0. The van der Waals surface area contributed by atoms with Gasteiger partial charge in [-0.2, -0.15) is 0 Å². The van der Waals surface area contributed by atoms with Crippen molar-refractivity contribution in [2.75, 3.05) is 5.32 Å². The van der Waals surface area contributed by atoms with Gasteiger partial charge in [0.2, 0.25) is 5.91 Å². The van der Waals surface area contributed by atoms with Crippen LogP contribution in [0.3, 0.4) is 0 Å². The minimum atomic E-state index is -0.0345. The average molecular weight is 332 g/mol. The largest absolute Gasteiger partial charge is 0.323 e. The second-order valence-electron chi connectivity index (χ2n) is 5.79. The van der Waals surface area contributed by atoms with E-state index in [2.05, 4.69) is 15.6 Å². The van der Waals surface area contributed by atoms with Crippen molar-refractivity contribution in [2.24, 2.45) is 5.92 Å². The second kappa shape index (κ2) is 7.97. The monoisotopic (exact) mass is 331 g/mol. The Morgan fingerprint density at radius 2 is 2.10 bits per heavy atom. The number of nitrogens with zero attached hydrogens (tertiary/aromatic N) is 1. The summed E-state index contributed by atoms with van der Waals surface area (Å²) in [4.78, 5) is 16.4. The molecule has 1 aliphatic carbocycles. The molecule has 0 bridgehead atoms. The lowest BCUT2D eigenvalue weighted by Gasteiger charge is -2.24. The zero-order valence-corrected chi connectivity index (χ0v) is 13.8. The van der Waals surface area contributed by atoms with E-state index < -0.39 is 0 Å². The fourth-order valence-electron chi connectivity index (χ4n) is 3.34. The third-order valence-electron chi connectivity index (χ3n) is 4.48. The molecule has 1 saturated carbocycles. The summed E-state index contributed by atoms with van der Waals surface area (Å²) in [5.74, 6) is 0.782. The highest BCUT2D eigenvalue weighted by Gasteiger charge is 2.38. The van der Waals surface area contributed by atoms with Crippen LogP contribution in [0.2, 0.25) is 0 Å². The summed E-state index contributed by atoms with van der Waals surface area (Å²) in [5.41, 5.74) is 1.88. The number of anilines is 1. The van der Waals surface area contributed by atoms with E-state index in [4.69, 9.17) is 0 Å². The molecule has 0 radical (unpaired) electrons. The van der Waals surface area contributed by atoms with Crippen LogP contribution in [0.5, 0.6) is 0 Å². The van der Waals surface area contributed by atoms with Crippen LogP contribution in [0.25, 0.3) is 0 Å². The van der Waals surface area contributed by atoms with E-state index >= 15 is 0 Å². The van der Waals surface area contributed by atoms with Gasteiger partial charge in [-0.25, -0.2) is 0 Å². The summed E-state index contributed by atoms with van der Waals surface area (Å²) < 4.78 is 0. The SMILES string of the molecule is Cc1ccncc1NC(=O)C1CC2CCCCC2N1.Cl.Cl. The standard InChI is InChI=1S/C15H21N3O.2ClH/c1-10-6-7-16-9-14(10)18-15(19)13-8-11-4-2-3-5-12(11)17-13;;/h6-7,9,11-13,17H,2-5,8H2,1H3,(H,18,19);2*1H. The second-order valence-corrected chi connectivity index (χ2v) is 5.79. The highest BCUT2D eigenvalue weighted by molar-refractivity contribution is 5.95. The Hall–Kier alpha value is -0.840. The smallest absolute Gasteiger partial charge is 0.241 e. The van der Waals surface area contributed by atoms with Crippen molar-refractivity contribution in [3.05, 3.63) is 24.0 Å². The molecule has 3 unspecified atom stereocenters. The number of carbonyl (C=O) groups excluding carboxylic acids is 1. The van der Waals surface area contributed by atoms with Crippen LogP contribution >= 0.6 is 24.8 Å². The predicted molar refractivity (Wildman–Crippen MR) is 89.4 cm³/mol. The molecule has 0 aromatic carbocycles. The van der Waals surface area contributed by atoms with E-state index in [1.807, 2.05) is 13.0 Å². The minimum Gasteiger partial charge on any atom is -0.323 e. The first-order valence-electron chi connectivity index (χ1n) is 7.21. The molecule has 0 spiro atoms. The molecule has 3 atom stereocenters. The van der Waals surface area contributed by atoms with Crippen molar-refractivity contribution < 1.29 is 4.79 Å². The molecule has 2 heterocycles. The van der Waals surface area contributed by atoms with Crippen LogP contribution in [0.4, 0.5) is 5.69 Å². The number of pyridine rings is 1. The van der Waals surface area contributed by atoms with Gasteiger partial charge in [-0.15, -0.1) is 24.8 Å². The first kappa shape index (κ1) is 18.2. The Labute approximate surface area is 138 Å².